The molecular formula is C28H21Cl2FN6O3. The second kappa shape index (κ2) is 10.0. The van der Waals surface area contributed by atoms with E-state index >= 15 is 4.39 Å². The third-order valence-corrected chi connectivity index (χ3v) is 7.51. The molecule has 5 aromatic rings. The van der Waals surface area contributed by atoms with Gasteiger partial charge in [0.05, 0.1) is 16.1 Å². The Bertz CT molecular complexity index is 1800. The lowest BCUT2D eigenvalue weighted by Gasteiger charge is -2.18. The molecule has 0 atom stereocenters. The third kappa shape index (κ3) is 4.59. The van der Waals surface area contributed by atoms with Gasteiger partial charge in [0, 0.05) is 36.3 Å². The maximum Gasteiger partial charge on any atom is 0.255 e. The lowest BCUT2D eigenvalue weighted by Crippen LogP contribution is -2.48. The van der Waals surface area contributed by atoms with Crippen molar-refractivity contribution < 1.29 is 18.5 Å². The maximum absolute atomic E-state index is 15.4. The minimum atomic E-state index is -1.06. The molecule has 6 rings (SSSR count). The number of hydrogen-bond donors (Lipinski definition) is 2. The molecule has 1 fully saturated rings. The van der Waals surface area contributed by atoms with Crippen LogP contribution in [0.15, 0.2) is 65.3 Å². The molecule has 0 aliphatic heterocycles. The summed E-state index contributed by atoms with van der Waals surface area (Å²) in [5, 5.41) is 10.7. The van der Waals surface area contributed by atoms with Crippen LogP contribution >= 0.6 is 23.2 Å². The standard InChI is InChI=1S/C28H21Cl2FN6O3/c1-15-34-25(36-40-15)23-22(29)18-5-2-3-7-21(18)37(23)17-9-8-16(20(31)13-17)14-33-27(39)28(10-11-28)35-26(38)19-6-4-12-32-24(19)30/h2-9,12-13H,10-11,14H2,1H3,(H,33,39)(H,35,38). The number of carbonyl (C=O) groups excluding carboxylic acids is 2. The fraction of sp³-hybridized carbons (Fsp3) is 0.179. The van der Waals surface area contributed by atoms with Crippen LogP contribution in [0.1, 0.15) is 34.7 Å². The molecule has 3 heterocycles. The van der Waals surface area contributed by atoms with Gasteiger partial charge >= 0.3 is 0 Å². The Balaban J connectivity index is 1.23. The Morgan fingerprint density at radius 1 is 1.12 bits per heavy atom. The molecule has 2 N–H and O–H groups in total. The number of amides is 2. The number of aryl methyl sites for hydroxylation is 1. The first-order valence-corrected chi connectivity index (χ1v) is 13.1. The SMILES string of the molecule is Cc1nc(-c2c(Cl)c3ccccc3n2-c2ccc(CNC(=O)C3(NC(=O)c4cccnc4Cl)CC3)c(F)c2)no1. The second-order valence-corrected chi connectivity index (χ2v) is 10.2. The molecule has 1 aliphatic rings. The van der Waals surface area contributed by atoms with Crippen LogP contribution in [0.5, 0.6) is 0 Å². The summed E-state index contributed by atoms with van der Waals surface area (Å²) in [4.78, 5) is 33.8. The molecule has 40 heavy (non-hydrogen) atoms. The normalized spacial score (nSPS) is 13.8. The van der Waals surface area contributed by atoms with E-state index in [2.05, 4.69) is 25.8 Å². The predicted octanol–water partition coefficient (Wildman–Crippen LogP) is 5.41. The topological polar surface area (TPSA) is 115 Å². The van der Waals surface area contributed by atoms with E-state index in [4.69, 9.17) is 27.7 Å². The number of fused-ring (bicyclic) bond motifs is 1. The quantitative estimate of drug-likeness (QED) is 0.249. The molecule has 9 nitrogen and oxygen atoms in total. The fourth-order valence-corrected chi connectivity index (χ4v) is 5.13. The minimum absolute atomic E-state index is 0.0488. The highest BCUT2D eigenvalue weighted by atomic mass is 35.5. The lowest BCUT2D eigenvalue weighted by molar-refractivity contribution is -0.124. The van der Waals surface area contributed by atoms with Gasteiger partial charge in [0.1, 0.15) is 22.2 Å². The van der Waals surface area contributed by atoms with Crippen molar-refractivity contribution in [3.8, 4) is 17.2 Å². The van der Waals surface area contributed by atoms with Crippen LogP contribution in [0.25, 0.3) is 28.1 Å². The summed E-state index contributed by atoms with van der Waals surface area (Å²) in [6, 6.07) is 15.2. The van der Waals surface area contributed by atoms with E-state index in [1.165, 1.54) is 18.3 Å². The summed E-state index contributed by atoms with van der Waals surface area (Å²) in [5.74, 6) is -0.778. The highest BCUT2D eigenvalue weighted by Gasteiger charge is 2.51. The molecule has 3 aromatic heterocycles. The Kier molecular flexibility index (Phi) is 6.52. The van der Waals surface area contributed by atoms with E-state index in [-0.39, 0.29) is 28.6 Å². The summed E-state index contributed by atoms with van der Waals surface area (Å²) >= 11 is 12.7. The van der Waals surface area contributed by atoms with Crippen LogP contribution in [0.2, 0.25) is 10.2 Å². The number of nitrogens with one attached hydrogen (secondary N) is 2. The second-order valence-electron chi connectivity index (χ2n) is 9.49. The predicted molar refractivity (Wildman–Crippen MR) is 147 cm³/mol. The van der Waals surface area contributed by atoms with Gasteiger partial charge in [-0.1, -0.05) is 52.6 Å². The van der Waals surface area contributed by atoms with Gasteiger partial charge in [0.25, 0.3) is 5.91 Å². The van der Waals surface area contributed by atoms with E-state index in [0.29, 0.717) is 35.1 Å². The average molecular weight is 579 g/mol. The molecule has 2 amide bonds. The van der Waals surface area contributed by atoms with Gasteiger partial charge in [-0.15, -0.1) is 0 Å². The highest BCUT2D eigenvalue weighted by molar-refractivity contribution is 6.38. The molecule has 0 bridgehead atoms. The lowest BCUT2D eigenvalue weighted by atomic mass is 10.1. The van der Waals surface area contributed by atoms with Crippen molar-refractivity contribution in [3.63, 3.8) is 0 Å². The summed E-state index contributed by atoms with van der Waals surface area (Å²) in [7, 11) is 0. The smallest absolute Gasteiger partial charge is 0.255 e. The van der Waals surface area contributed by atoms with E-state index in [1.54, 1.807) is 29.7 Å². The van der Waals surface area contributed by atoms with Crippen LogP contribution in [-0.2, 0) is 11.3 Å². The first-order valence-electron chi connectivity index (χ1n) is 12.4. The van der Waals surface area contributed by atoms with E-state index in [0.717, 1.165) is 10.9 Å². The van der Waals surface area contributed by atoms with Gasteiger partial charge in [-0.05, 0) is 43.2 Å². The number of rotatable bonds is 7. The van der Waals surface area contributed by atoms with Crippen molar-refractivity contribution in [2.75, 3.05) is 0 Å². The number of nitrogens with zero attached hydrogens (tertiary/aromatic N) is 4. The number of benzene rings is 2. The first kappa shape index (κ1) is 26.0. The summed E-state index contributed by atoms with van der Waals surface area (Å²) in [6.07, 6.45) is 2.40. The molecule has 1 aliphatic carbocycles. The molecule has 0 unspecified atom stereocenters. The van der Waals surface area contributed by atoms with Gasteiger partial charge in [0.2, 0.25) is 17.6 Å². The fourth-order valence-electron chi connectivity index (χ4n) is 4.60. The summed E-state index contributed by atoms with van der Waals surface area (Å²) in [6.45, 7) is 1.60. The summed E-state index contributed by atoms with van der Waals surface area (Å²) in [5.41, 5.74) is 1.09. The summed E-state index contributed by atoms with van der Waals surface area (Å²) < 4.78 is 22.3. The van der Waals surface area contributed by atoms with Gasteiger partial charge in [-0.25, -0.2) is 9.37 Å². The van der Waals surface area contributed by atoms with Gasteiger partial charge in [0.15, 0.2) is 0 Å². The molecule has 202 valence electrons. The third-order valence-electron chi connectivity index (χ3n) is 6.83. The van der Waals surface area contributed by atoms with Crippen LogP contribution < -0.4 is 10.6 Å². The van der Waals surface area contributed by atoms with Gasteiger partial charge in [-0.2, -0.15) is 4.98 Å². The zero-order chi connectivity index (χ0) is 28.0. The molecular weight excluding hydrogens is 558 g/mol. The van der Waals surface area contributed by atoms with E-state index in [9.17, 15) is 9.59 Å². The van der Waals surface area contributed by atoms with E-state index in [1.807, 2.05) is 24.3 Å². The molecule has 2 aromatic carbocycles. The number of pyridine rings is 1. The van der Waals surface area contributed by atoms with Gasteiger partial charge < -0.3 is 19.7 Å². The molecule has 0 saturated heterocycles. The largest absolute Gasteiger partial charge is 0.350 e. The monoisotopic (exact) mass is 578 g/mol. The van der Waals surface area contributed by atoms with E-state index < -0.39 is 23.2 Å². The highest BCUT2D eigenvalue weighted by Crippen LogP contribution is 2.39. The molecule has 12 heteroatoms. The minimum Gasteiger partial charge on any atom is -0.350 e. The zero-order valence-electron chi connectivity index (χ0n) is 21.0. The van der Waals surface area contributed by atoms with Crippen molar-refractivity contribution >= 4 is 45.9 Å². The number of carbonyl (C=O) groups is 2. The molecule has 0 spiro atoms. The van der Waals surface area contributed by atoms with Crippen LogP contribution in [0, 0.1) is 12.7 Å². The Hall–Kier alpha value is -4.28. The number of halogens is 3. The number of aromatic nitrogens is 4. The van der Waals surface area contributed by atoms with Crippen molar-refractivity contribution in [2.45, 2.75) is 31.8 Å². The Morgan fingerprint density at radius 3 is 2.62 bits per heavy atom. The maximum atomic E-state index is 15.4. The molecule has 0 radical (unpaired) electrons. The van der Waals surface area contributed by atoms with Crippen LogP contribution in [-0.4, -0.2) is 37.0 Å². The van der Waals surface area contributed by atoms with Crippen molar-refractivity contribution in [1.29, 1.82) is 0 Å². The van der Waals surface area contributed by atoms with Crippen molar-refractivity contribution in [1.82, 2.24) is 30.3 Å². The van der Waals surface area contributed by atoms with Crippen LogP contribution in [0.4, 0.5) is 4.39 Å². The number of hydrogen-bond acceptors (Lipinski definition) is 6. The zero-order valence-corrected chi connectivity index (χ0v) is 22.6. The average Bonchev–Trinajstić information content (AvgIpc) is 3.51. The van der Waals surface area contributed by atoms with Crippen LogP contribution in [0.3, 0.4) is 0 Å². The van der Waals surface area contributed by atoms with Crippen molar-refractivity contribution in [2.24, 2.45) is 0 Å². The Morgan fingerprint density at radius 2 is 1.93 bits per heavy atom. The van der Waals surface area contributed by atoms with Crippen molar-refractivity contribution in [3.05, 3.63) is 93.8 Å². The first-order chi connectivity index (χ1) is 19.3. The Labute approximate surface area is 237 Å². The van der Waals surface area contributed by atoms with Gasteiger partial charge in [-0.3, -0.25) is 9.59 Å². The molecule has 1 saturated carbocycles. The number of para-hydroxylation sites is 1.